The number of carbonyl (C=O) groups excluding carboxylic acids is 1. The highest BCUT2D eigenvalue weighted by Crippen LogP contribution is 2.32. The standard InChI is InChI=1S/C22H43N5O13/c23-2-1-8(29)20(36)27-7-3-6(25)18(39-22-16(34)15(33)13(31)9(4-24)37-22)17(35)19(7)40-21-14(32)11(26)12(30)10(5-28)38-21/h6-19,21-22,28-35H,1-5,23-26H2,(H,27,36)/t6-,7+,8-,9-,10-,11-,12+,13+,14+,15+,16+,17+,18+,19-,21+,22+/m0/s1. The van der Waals surface area contributed by atoms with Gasteiger partial charge in [-0.15, -0.1) is 0 Å². The Bertz CT molecular complexity index is 815. The molecule has 0 aromatic heterocycles. The summed E-state index contributed by atoms with van der Waals surface area (Å²) in [7, 11) is 0. The molecule has 3 rings (SSSR count). The molecule has 0 aromatic carbocycles. The number of hydrogen-bond donors (Lipinski definition) is 13. The first-order valence-corrected chi connectivity index (χ1v) is 13.1. The zero-order valence-electron chi connectivity index (χ0n) is 21.7. The van der Waals surface area contributed by atoms with Crippen LogP contribution in [0.4, 0.5) is 0 Å². The fraction of sp³-hybridized carbons (Fsp3) is 0.955. The molecule has 40 heavy (non-hydrogen) atoms. The predicted octanol–water partition coefficient (Wildman–Crippen LogP) is -8.42. The van der Waals surface area contributed by atoms with E-state index in [9.17, 15) is 45.6 Å². The van der Waals surface area contributed by atoms with Crippen LogP contribution in [-0.2, 0) is 23.7 Å². The fourth-order valence-electron chi connectivity index (χ4n) is 5.07. The van der Waals surface area contributed by atoms with Crippen molar-refractivity contribution in [3.05, 3.63) is 0 Å². The Hall–Kier alpha value is -1.17. The third kappa shape index (κ3) is 7.06. The number of ether oxygens (including phenoxy) is 4. The van der Waals surface area contributed by atoms with E-state index in [0.717, 1.165) is 0 Å². The van der Waals surface area contributed by atoms with Gasteiger partial charge in [0.1, 0.15) is 67.1 Å². The maximum atomic E-state index is 12.6. The largest absolute Gasteiger partial charge is 0.394 e. The SMILES string of the molecule is NCC[C@H](O)C(=O)N[C@@H]1C[C@H](N)[C@@H](O[C@H]2O[C@@H](CN)[C@@H](O)[C@@H](O)[C@H]2O)[C@@H](O)[C@H]1O[C@H]1O[C@@H](CO)[C@@H](O)[C@H](N)[C@H]1O. The molecule has 1 aliphatic carbocycles. The molecule has 0 aromatic rings. The van der Waals surface area contributed by atoms with Gasteiger partial charge in [-0.1, -0.05) is 0 Å². The number of aliphatic hydroxyl groups is 8. The number of rotatable bonds is 10. The van der Waals surface area contributed by atoms with Gasteiger partial charge in [-0.05, 0) is 19.4 Å². The summed E-state index contributed by atoms with van der Waals surface area (Å²) in [6, 6.07) is -3.45. The average Bonchev–Trinajstić information content (AvgIpc) is 2.92. The summed E-state index contributed by atoms with van der Waals surface area (Å²) >= 11 is 0. The maximum Gasteiger partial charge on any atom is 0.249 e. The van der Waals surface area contributed by atoms with Crippen LogP contribution < -0.4 is 28.3 Å². The summed E-state index contributed by atoms with van der Waals surface area (Å²) in [5.41, 5.74) is 23.1. The molecular formula is C22H43N5O13. The van der Waals surface area contributed by atoms with Gasteiger partial charge >= 0.3 is 0 Å². The van der Waals surface area contributed by atoms with Crippen LogP contribution in [0.2, 0.25) is 0 Å². The van der Waals surface area contributed by atoms with Crippen LogP contribution >= 0.6 is 0 Å². The summed E-state index contributed by atoms with van der Waals surface area (Å²) < 4.78 is 22.5. The van der Waals surface area contributed by atoms with Crippen molar-refractivity contribution < 1.29 is 64.6 Å². The molecule has 1 amide bonds. The molecule has 2 heterocycles. The van der Waals surface area contributed by atoms with E-state index < -0.39 is 110 Å². The third-order valence-corrected chi connectivity index (χ3v) is 7.51. The molecular weight excluding hydrogens is 542 g/mol. The minimum Gasteiger partial charge on any atom is -0.394 e. The highest BCUT2D eigenvalue weighted by molar-refractivity contribution is 5.80. The molecule has 0 spiro atoms. The van der Waals surface area contributed by atoms with Gasteiger partial charge in [-0.2, -0.15) is 0 Å². The van der Waals surface area contributed by atoms with E-state index in [4.69, 9.17) is 41.9 Å². The van der Waals surface area contributed by atoms with Crippen LogP contribution in [0.1, 0.15) is 12.8 Å². The first kappa shape index (κ1) is 33.3. The van der Waals surface area contributed by atoms with Crippen molar-refractivity contribution in [1.29, 1.82) is 0 Å². The van der Waals surface area contributed by atoms with Crippen LogP contribution in [0, 0.1) is 0 Å². The van der Waals surface area contributed by atoms with Gasteiger partial charge in [0.15, 0.2) is 12.6 Å². The van der Waals surface area contributed by atoms with Crippen molar-refractivity contribution in [3.8, 4) is 0 Å². The lowest BCUT2D eigenvalue weighted by atomic mass is 9.83. The zero-order valence-corrected chi connectivity index (χ0v) is 21.7. The Morgan fingerprint density at radius 2 is 1.45 bits per heavy atom. The Labute approximate surface area is 229 Å². The summed E-state index contributed by atoms with van der Waals surface area (Å²) in [4.78, 5) is 12.6. The smallest absolute Gasteiger partial charge is 0.249 e. The highest BCUT2D eigenvalue weighted by Gasteiger charge is 2.52. The third-order valence-electron chi connectivity index (χ3n) is 7.51. The topological polar surface area (TPSA) is 332 Å². The first-order chi connectivity index (χ1) is 18.9. The predicted molar refractivity (Wildman–Crippen MR) is 131 cm³/mol. The molecule has 0 radical (unpaired) electrons. The molecule has 2 aliphatic heterocycles. The molecule has 0 bridgehead atoms. The molecule has 234 valence electrons. The van der Waals surface area contributed by atoms with Crippen LogP contribution in [0.25, 0.3) is 0 Å². The molecule has 18 nitrogen and oxygen atoms in total. The molecule has 0 unspecified atom stereocenters. The average molecular weight is 586 g/mol. The molecule has 2 saturated heterocycles. The van der Waals surface area contributed by atoms with Crippen LogP contribution in [0.3, 0.4) is 0 Å². The second-order valence-electron chi connectivity index (χ2n) is 10.3. The number of amides is 1. The van der Waals surface area contributed by atoms with Crippen molar-refractivity contribution in [2.24, 2.45) is 22.9 Å². The van der Waals surface area contributed by atoms with Gasteiger partial charge in [-0.25, -0.2) is 0 Å². The van der Waals surface area contributed by atoms with Gasteiger partial charge in [0.2, 0.25) is 5.91 Å². The Balaban J connectivity index is 1.85. The lowest BCUT2D eigenvalue weighted by Crippen LogP contribution is -2.69. The fourth-order valence-corrected chi connectivity index (χ4v) is 5.07. The Morgan fingerprint density at radius 3 is 2.05 bits per heavy atom. The van der Waals surface area contributed by atoms with Gasteiger partial charge < -0.3 is 88.1 Å². The monoisotopic (exact) mass is 585 g/mol. The number of aliphatic hydroxyl groups excluding tert-OH is 8. The molecule has 18 heteroatoms. The lowest BCUT2D eigenvalue weighted by Gasteiger charge is -2.49. The number of carbonyl (C=O) groups is 1. The van der Waals surface area contributed by atoms with Crippen molar-refractivity contribution >= 4 is 5.91 Å². The molecule has 17 N–H and O–H groups in total. The lowest BCUT2D eigenvalue weighted by molar-refractivity contribution is -0.332. The molecule has 16 atom stereocenters. The number of nitrogens with two attached hydrogens (primary N) is 4. The van der Waals surface area contributed by atoms with Crippen molar-refractivity contribution in [1.82, 2.24) is 5.32 Å². The highest BCUT2D eigenvalue weighted by atomic mass is 16.7. The van der Waals surface area contributed by atoms with Gasteiger partial charge in [0.05, 0.1) is 18.7 Å². The van der Waals surface area contributed by atoms with E-state index in [-0.39, 0.29) is 25.9 Å². The second kappa shape index (κ2) is 14.3. The van der Waals surface area contributed by atoms with Gasteiger partial charge in [-0.3, -0.25) is 4.79 Å². The summed E-state index contributed by atoms with van der Waals surface area (Å²) in [6.45, 7) is -0.898. The first-order valence-electron chi connectivity index (χ1n) is 13.1. The number of nitrogens with one attached hydrogen (secondary N) is 1. The Morgan fingerprint density at radius 1 is 0.850 bits per heavy atom. The van der Waals surface area contributed by atoms with Crippen molar-refractivity contribution in [2.45, 2.75) is 111 Å². The molecule has 1 saturated carbocycles. The minimum atomic E-state index is -1.76. The van der Waals surface area contributed by atoms with Crippen LogP contribution in [0.5, 0.6) is 0 Å². The van der Waals surface area contributed by atoms with Crippen LogP contribution in [0.15, 0.2) is 0 Å². The normalized spacial score (nSPS) is 47.0. The zero-order chi connectivity index (χ0) is 29.9. The van der Waals surface area contributed by atoms with E-state index in [0.29, 0.717) is 0 Å². The van der Waals surface area contributed by atoms with Gasteiger partial charge in [0, 0.05) is 12.6 Å². The van der Waals surface area contributed by atoms with E-state index >= 15 is 0 Å². The van der Waals surface area contributed by atoms with Crippen LogP contribution in [-0.4, -0.2) is 164 Å². The van der Waals surface area contributed by atoms with E-state index in [2.05, 4.69) is 5.32 Å². The van der Waals surface area contributed by atoms with E-state index in [1.807, 2.05) is 0 Å². The van der Waals surface area contributed by atoms with E-state index in [1.165, 1.54) is 0 Å². The summed E-state index contributed by atoms with van der Waals surface area (Å²) in [6.07, 6.45) is -19.8. The van der Waals surface area contributed by atoms with E-state index in [1.54, 1.807) is 0 Å². The maximum absolute atomic E-state index is 12.6. The second-order valence-corrected chi connectivity index (χ2v) is 10.3. The van der Waals surface area contributed by atoms with Crippen molar-refractivity contribution in [3.63, 3.8) is 0 Å². The Kier molecular flexibility index (Phi) is 11.9. The molecule has 3 fully saturated rings. The number of hydrogen-bond acceptors (Lipinski definition) is 17. The van der Waals surface area contributed by atoms with Crippen molar-refractivity contribution in [2.75, 3.05) is 19.7 Å². The quantitative estimate of drug-likeness (QED) is 0.113. The molecule has 3 aliphatic rings. The summed E-state index contributed by atoms with van der Waals surface area (Å²) in [5, 5.41) is 84.9. The summed E-state index contributed by atoms with van der Waals surface area (Å²) in [5.74, 6) is -0.845. The van der Waals surface area contributed by atoms with Gasteiger partial charge in [0.25, 0.3) is 0 Å². The minimum absolute atomic E-state index is 0.0101.